The maximum atomic E-state index is 7.81. The fourth-order valence-corrected chi connectivity index (χ4v) is 3.13. The van der Waals surface area contributed by atoms with Crippen molar-refractivity contribution in [2.45, 2.75) is 19.3 Å². The summed E-state index contributed by atoms with van der Waals surface area (Å²) in [6, 6.07) is 3.72. The van der Waals surface area contributed by atoms with Crippen LogP contribution in [-0.2, 0) is 6.42 Å². The zero-order valence-corrected chi connectivity index (χ0v) is 14.7. The SMILES string of the molecule is COc1cc(-c2nn(C(=N)N)c3c2CCCCN3)cc(OC)c1OC. The molecule has 8 heteroatoms. The van der Waals surface area contributed by atoms with Gasteiger partial charge in [-0.05, 0) is 31.4 Å². The number of ether oxygens (including phenoxy) is 3. The van der Waals surface area contributed by atoms with Gasteiger partial charge in [0, 0.05) is 17.7 Å². The Balaban J connectivity index is 2.21. The van der Waals surface area contributed by atoms with Gasteiger partial charge in [0.15, 0.2) is 11.5 Å². The summed E-state index contributed by atoms with van der Waals surface area (Å²) in [5, 5.41) is 15.7. The summed E-state index contributed by atoms with van der Waals surface area (Å²) < 4.78 is 17.7. The molecule has 0 radical (unpaired) electrons. The summed E-state index contributed by atoms with van der Waals surface area (Å²) in [6.07, 6.45) is 2.96. The Kier molecular flexibility index (Phi) is 4.69. The Morgan fingerprint density at radius 3 is 2.40 bits per heavy atom. The molecule has 25 heavy (non-hydrogen) atoms. The summed E-state index contributed by atoms with van der Waals surface area (Å²) >= 11 is 0. The van der Waals surface area contributed by atoms with Crippen molar-refractivity contribution in [3.63, 3.8) is 0 Å². The summed E-state index contributed by atoms with van der Waals surface area (Å²) in [5.41, 5.74) is 8.35. The molecule has 0 fully saturated rings. The van der Waals surface area contributed by atoms with Crippen molar-refractivity contribution in [1.82, 2.24) is 9.78 Å². The fourth-order valence-electron chi connectivity index (χ4n) is 3.13. The molecule has 8 nitrogen and oxygen atoms in total. The predicted octanol–water partition coefficient (Wildman–Crippen LogP) is 2.07. The van der Waals surface area contributed by atoms with Gasteiger partial charge in [0.2, 0.25) is 11.7 Å². The van der Waals surface area contributed by atoms with Crippen LogP contribution < -0.4 is 25.3 Å². The molecule has 0 spiro atoms. The van der Waals surface area contributed by atoms with Gasteiger partial charge in [0.1, 0.15) is 5.82 Å². The Labute approximate surface area is 146 Å². The van der Waals surface area contributed by atoms with Crippen molar-refractivity contribution in [1.29, 1.82) is 5.41 Å². The molecule has 0 amide bonds. The maximum absolute atomic E-state index is 7.81. The molecule has 0 saturated heterocycles. The number of nitrogens with two attached hydrogens (primary N) is 1. The minimum Gasteiger partial charge on any atom is -0.493 e. The highest BCUT2D eigenvalue weighted by Crippen LogP contribution is 2.42. The second kappa shape index (κ2) is 6.92. The smallest absolute Gasteiger partial charge is 0.215 e. The van der Waals surface area contributed by atoms with E-state index in [0.29, 0.717) is 17.2 Å². The van der Waals surface area contributed by atoms with Crippen LogP contribution in [0.2, 0.25) is 0 Å². The van der Waals surface area contributed by atoms with Gasteiger partial charge in [0.05, 0.1) is 27.0 Å². The number of benzene rings is 1. The van der Waals surface area contributed by atoms with E-state index < -0.39 is 0 Å². The number of nitrogens with zero attached hydrogens (tertiary/aromatic N) is 2. The van der Waals surface area contributed by atoms with E-state index in [-0.39, 0.29) is 5.96 Å². The molecule has 0 bridgehead atoms. The van der Waals surface area contributed by atoms with Crippen molar-refractivity contribution in [3.8, 4) is 28.5 Å². The standard InChI is InChI=1S/C17H23N5O3/c1-23-12-8-10(9-13(24-2)15(12)25-3)14-11-6-4-5-7-20-16(11)22(21-14)17(18)19/h8-9,20H,4-7H2,1-3H3,(H3,18,19). The molecule has 134 valence electrons. The van der Waals surface area contributed by atoms with Crippen LogP contribution in [0.4, 0.5) is 5.82 Å². The van der Waals surface area contributed by atoms with Gasteiger partial charge in [-0.25, -0.2) is 0 Å². The van der Waals surface area contributed by atoms with Crippen molar-refractivity contribution in [3.05, 3.63) is 17.7 Å². The van der Waals surface area contributed by atoms with Crippen LogP contribution in [0.1, 0.15) is 18.4 Å². The molecule has 2 aromatic rings. The summed E-state index contributed by atoms with van der Waals surface area (Å²) in [5.74, 6) is 2.32. The van der Waals surface area contributed by atoms with E-state index in [4.69, 9.17) is 25.4 Å². The Hall–Kier alpha value is -2.90. The van der Waals surface area contributed by atoms with Crippen LogP contribution in [0.15, 0.2) is 12.1 Å². The molecule has 1 aliphatic rings. The zero-order valence-electron chi connectivity index (χ0n) is 14.7. The Morgan fingerprint density at radius 1 is 1.16 bits per heavy atom. The molecule has 0 atom stereocenters. The van der Waals surface area contributed by atoms with Gasteiger partial charge in [0.25, 0.3) is 0 Å². The molecule has 1 aromatic heterocycles. The molecule has 4 N–H and O–H groups in total. The number of nitrogen functional groups attached to an aromatic ring is 1. The molecule has 1 aromatic carbocycles. The van der Waals surface area contributed by atoms with Crippen molar-refractivity contribution in [2.75, 3.05) is 33.2 Å². The van der Waals surface area contributed by atoms with Crippen LogP contribution in [0, 0.1) is 5.41 Å². The monoisotopic (exact) mass is 345 g/mol. The average Bonchev–Trinajstić information content (AvgIpc) is 2.82. The average molecular weight is 345 g/mol. The molecule has 2 heterocycles. The summed E-state index contributed by atoms with van der Waals surface area (Å²) in [7, 11) is 4.73. The fraction of sp³-hybridized carbons (Fsp3) is 0.412. The zero-order chi connectivity index (χ0) is 18.0. The summed E-state index contributed by atoms with van der Waals surface area (Å²) in [4.78, 5) is 0. The number of methoxy groups -OCH3 is 3. The lowest BCUT2D eigenvalue weighted by Gasteiger charge is -2.14. The number of anilines is 1. The first-order valence-electron chi connectivity index (χ1n) is 8.11. The Morgan fingerprint density at radius 2 is 1.84 bits per heavy atom. The highest BCUT2D eigenvalue weighted by molar-refractivity contribution is 5.84. The van der Waals surface area contributed by atoms with Crippen LogP contribution in [-0.4, -0.2) is 43.6 Å². The third-order valence-corrected chi connectivity index (χ3v) is 4.30. The van der Waals surface area contributed by atoms with Gasteiger partial charge < -0.3 is 25.3 Å². The molecular weight excluding hydrogens is 322 g/mol. The van der Waals surface area contributed by atoms with E-state index in [0.717, 1.165) is 48.4 Å². The van der Waals surface area contributed by atoms with E-state index in [2.05, 4.69) is 10.4 Å². The second-order valence-corrected chi connectivity index (χ2v) is 5.77. The van der Waals surface area contributed by atoms with Crippen molar-refractivity contribution in [2.24, 2.45) is 5.73 Å². The summed E-state index contributed by atoms with van der Waals surface area (Å²) in [6.45, 7) is 0.834. The molecule has 1 aliphatic heterocycles. The van der Waals surface area contributed by atoms with Crippen LogP contribution >= 0.6 is 0 Å². The molecular formula is C17H23N5O3. The third kappa shape index (κ3) is 2.95. The minimum absolute atomic E-state index is 0.121. The highest BCUT2D eigenvalue weighted by Gasteiger charge is 2.24. The van der Waals surface area contributed by atoms with Gasteiger partial charge in [-0.2, -0.15) is 9.78 Å². The molecule has 0 unspecified atom stereocenters. The number of nitrogens with one attached hydrogen (secondary N) is 2. The first-order valence-corrected chi connectivity index (χ1v) is 8.11. The van der Waals surface area contributed by atoms with E-state index in [9.17, 15) is 0 Å². The van der Waals surface area contributed by atoms with Gasteiger partial charge in [-0.3, -0.25) is 5.41 Å². The number of hydrogen-bond donors (Lipinski definition) is 3. The molecule has 0 saturated carbocycles. The topological polar surface area (TPSA) is 107 Å². The van der Waals surface area contributed by atoms with E-state index >= 15 is 0 Å². The predicted molar refractivity (Wildman–Crippen MR) is 96.1 cm³/mol. The number of hydrogen-bond acceptors (Lipinski definition) is 6. The van der Waals surface area contributed by atoms with Gasteiger partial charge in [-0.15, -0.1) is 0 Å². The number of fused-ring (bicyclic) bond motifs is 1. The van der Waals surface area contributed by atoms with E-state index in [1.165, 1.54) is 4.68 Å². The maximum Gasteiger partial charge on any atom is 0.215 e. The lowest BCUT2D eigenvalue weighted by Crippen LogP contribution is -2.24. The Bertz CT molecular complexity index is 775. The van der Waals surface area contributed by atoms with E-state index in [1.54, 1.807) is 21.3 Å². The minimum atomic E-state index is -0.121. The number of rotatable bonds is 4. The lowest BCUT2D eigenvalue weighted by molar-refractivity contribution is 0.324. The molecule has 0 aliphatic carbocycles. The largest absolute Gasteiger partial charge is 0.493 e. The van der Waals surface area contributed by atoms with E-state index in [1.807, 2.05) is 12.1 Å². The third-order valence-electron chi connectivity index (χ3n) is 4.30. The van der Waals surface area contributed by atoms with Gasteiger partial charge >= 0.3 is 0 Å². The lowest BCUT2D eigenvalue weighted by atomic mass is 10.0. The van der Waals surface area contributed by atoms with Crippen LogP contribution in [0.25, 0.3) is 11.3 Å². The highest BCUT2D eigenvalue weighted by atomic mass is 16.5. The van der Waals surface area contributed by atoms with Crippen molar-refractivity contribution < 1.29 is 14.2 Å². The van der Waals surface area contributed by atoms with Crippen LogP contribution in [0.5, 0.6) is 17.2 Å². The first-order chi connectivity index (χ1) is 12.1. The van der Waals surface area contributed by atoms with Crippen LogP contribution in [0.3, 0.4) is 0 Å². The quantitative estimate of drug-likeness (QED) is 0.578. The van der Waals surface area contributed by atoms with Crippen molar-refractivity contribution >= 4 is 11.8 Å². The normalized spacial score (nSPS) is 13.4. The molecule has 3 rings (SSSR count). The number of aromatic nitrogens is 2. The van der Waals surface area contributed by atoms with Gasteiger partial charge in [-0.1, -0.05) is 0 Å². The second-order valence-electron chi connectivity index (χ2n) is 5.77. The first kappa shape index (κ1) is 16.9.